The van der Waals surface area contributed by atoms with E-state index >= 15 is 0 Å². The van der Waals surface area contributed by atoms with E-state index in [0.29, 0.717) is 30.9 Å². The lowest BCUT2D eigenvalue weighted by molar-refractivity contribution is -0.136. The zero-order valence-electron chi connectivity index (χ0n) is 18.2. The number of amides is 2. The van der Waals surface area contributed by atoms with Crippen LogP contribution in [0.1, 0.15) is 17.5 Å². The van der Waals surface area contributed by atoms with Crippen molar-refractivity contribution < 1.29 is 14.3 Å². The second-order valence-electron chi connectivity index (χ2n) is 7.98. The van der Waals surface area contributed by atoms with Gasteiger partial charge in [-0.05, 0) is 43.9 Å². The van der Waals surface area contributed by atoms with E-state index in [1.54, 1.807) is 24.1 Å². The van der Waals surface area contributed by atoms with Gasteiger partial charge in [0.05, 0.1) is 24.7 Å². The van der Waals surface area contributed by atoms with E-state index in [0.717, 1.165) is 17.8 Å². The van der Waals surface area contributed by atoms with Gasteiger partial charge in [0, 0.05) is 44.4 Å². The van der Waals surface area contributed by atoms with Gasteiger partial charge in [0.1, 0.15) is 5.75 Å². The number of rotatable bonds is 8. The molecule has 2 amide bonds. The van der Waals surface area contributed by atoms with E-state index in [1.165, 1.54) is 0 Å². The summed E-state index contributed by atoms with van der Waals surface area (Å²) < 4.78 is 5.26. The molecule has 1 heterocycles. The summed E-state index contributed by atoms with van der Waals surface area (Å²) in [6.07, 6.45) is 0.196. The summed E-state index contributed by atoms with van der Waals surface area (Å²) in [7, 11) is 5.52. The molecular formula is C24H28N4O3. The maximum Gasteiger partial charge on any atom is 0.228 e. The monoisotopic (exact) mass is 420 g/mol. The van der Waals surface area contributed by atoms with Crippen LogP contribution in [0.15, 0.2) is 48.5 Å². The summed E-state index contributed by atoms with van der Waals surface area (Å²) in [5.41, 5.74) is 2.29. The smallest absolute Gasteiger partial charge is 0.228 e. The molecule has 3 rings (SSSR count). The summed E-state index contributed by atoms with van der Waals surface area (Å²) in [6.45, 7) is 2.09. The Balaban J connectivity index is 1.75. The van der Waals surface area contributed by atoms with Gasteiger partial charge in [-0.25, -0.2) is 0 Å². The molecule has 0 radical (unpaired) electrons. The van der Waals surface area contributed by atoms with Crippen LogP contribution in [0.2, 0.25) is 0 Å². The fraction of sp³-hybridized carbons (Fsp3) is 0.375. The number of carbonyl (C=O) groups excluding carboxylic acids is 2. The largest absolute Gasteiger partial charge is 0.497 e. The quantitative estimate of drug-likeness (QED) is 0.656. The Morgan fingerprint density at radius 2 is 1.94 bits per heavy atom. The van der Waals surface area contributed by atoms with Crippen molar-refractivity contribution in [2.24, 2.45) is 5.92 Å². The maximum absolute atomic E-state index is 13.4. The summed E-state index contributed by atoms with van der Waals surface area (Å²) in [5, 5.41) is 9.00. The van der Waals surface area contributed by atoms with Crippen LogP contribution in [-0.4, -0.2) is 62.5 Å². The number of hydrogen-bond donors (Lipinski definition) is 0. The minimum atomic E-state index is -0.390. The number of carbonyl (C=O) groups is 2. The Labute approximate surface area is 183 Å². The first kappa shape index (κ1) is 22.3. The minimum absolute atomic E-state index is 0.0232. The van der Waals surface area contributed by atoms with Gasteiger partial charge in [0.25, 0.3) is 0 Å². The van der Waals surface area contributed by atoms with Crippen LogP contribution in [0.5, 0.6) is 5.75 Å². The molecule has 2 aromatic carbocycles. The lowest BCUT2D eigenvalue weighted by Gasteiger charge is -2.27. The average Bonchev–Trinajstić information content (AvgIpc) is 3.18. The van der Waals surface area contributed by atoms with E-state index in [2.05, 4.69) is 6.07 Å². The number of benzene rings is 2. The molecule has 0 bridgehead atoms. The summed E-state index contributed by atoms with van der Waals surface area (Å²) >= 11 is 0. The third-order valence-electron chi connectivity index (χ3n) is 5.42. The molecule has 7 nitrogen and oxygen atoms in total. The van der Waals surface area contributed by atoms with Crippen molar-refractivity contribution in [3.05, 3.63) is 59.7 Å². The van der Waals surface area contributed by atoms with E-state index < -0.39 is 0 Å². The number of nitrogens with zero attached hydrogens (tertiary/aromatic N) is 4. The average molecular weight is 421 g/mol. The molecule has 7 heteroatoms. The second kappa shape index (κ2) is 10.1. The van der Waals surface area contributed by atoms with E-state index in [9.17, 15) is 9.59 Å². The van der Waals surface area contributed by atoms with Gasteiger partial charge in [-0.1, -0.05) is 18.2 Å². The number of likely N-dealkylation sites (N-methyl/N-ethyl adjacent to an activating group) is 1. The zero-order valence-corrected chi connectivity index (χ0v) is 18.2. The molecule has 0 N–H and O–H groups in total. The highest BCUT2D eigenvalue weighted by atomic mass is 16.5. The molecular weight excluding hydrogens is 392 g/mol. The lowest BCUT2D eigenvalue weighted by Crippen LogP contribution is -2.40. The molecule has 1 atom stereocenters. The standard InChI is InChI=1S/C24H28N4O3/c1-26(2)11-12-27(16-19-9-7-18(15-25)8-10-19)24(30)20-13-23(29)28(17-20)21-5-4-6-22(14-21)31-3/h4-10,14,20H,11-13,16-17H2,1-3H3/t20-/m1/s1. The van der Waals surface area contributed by atoms with Gasteiger partial charge in [0.15, 0.2) is 0 Å². The van der Waals surface area contributed by atoms with Gasteiger partial charge >= 0.3 is 0 Å². The van der Waals surface area contributed by atoms with Crippen molar-refractivity contribution in [3.8, 4) is 11.8 Å². The molecule has 0 spiro atoms. The van der Waals surface area contributed by atoms with E-state index in [1.807, 2.05) is 60.3 Å². The Bertz CT molecular complexity index is 966. The van der Waals surface area contributed by atoms with Crippen LogP contribution >= 0.6 is 0 Å². The van der Waals surface area contributed by atoms with E-state index in [4.69, 9.17) is 10.00 Å². The Morgan fingerprint density at radius 3 is 2.58 bits per heavy atom. The SMILES string of the molecule is COc1cccc(N2C[C@H](C(=O)N(CCN(C)C)Cc3ccc(C#N)cc3)CC2=O)c1. The van der Waals surface area contributed by atoms with Crippen LogP contribution in [0.3, 0.4) is 0 Å². The molecule has 0 aromatic heterocycles. The Morgan fingerprint density at radius 1 is 1.19 bits per heavy atom. The van der Waals surface area contributed by atoms with Crippen LogP contribution < -0.4 is 9.64 Å². The Hall–Kier alpha value is -3.37. The molecule has 1 aliphatic heterocycles. The van der Waals surface area contributed by atoms with Crippen molar-refractivity contribution in [1.82, 2.24) is 9.80 Å². The number of hydrogen-bond acceptors (Lipinski definition) is 5. The Kier molecular flexibility index (Phi) is 7.27. The molecule has 0 unspecified atom stereocenters. The lowest BCUT2D eigenvalue weighted by atomic mass is 10.1. The topological polar surface area (TPSA) is 76.9 Å². The van der Waals surface area contributed by atoms with Crippen LogP contribution in [-0.2, 0) is 16.1 Å². The number of anilines is 1. The first-order valence-electron chi connectivity index (χ1n) is 10.3. The van der Waals surface area contributed by atoms with Crippen molar-refractivity contribution in [1.29, 1.82) is 5.26 Å². The molecule has 0 aliphatic carbocycles. The van der Waals surface area contributed by atoms with Crippen LogP contribution in [0, 0.1) is 17.2 Å². The van der Waals surface area contributed by atoms with E-state index in [-0.39, 0.29) is 24.2 Å². The predicted octanol–water partition coefficient (Wildman–Crippen LogP) is 2.51. The maximum atomic E-state index is 13.4. The van der Waals surface area contributed by atoms with Crippen LogP contribution in [0.4, 0.5) is 5.69 Å². The number of ether oxygens (including phenoxy) is 1. The van der Waals surface area contributed by atoms with Crippen molar-refractivity contribution in [3.63, 3.8) is 0 Å². The highest BCUT2D eigenvalue weighted by Gasteiger charge is 2.37. The van der Waals surface area contributed by atoms with Gasteiger partial charge in [-0.2, -0.15) is 5.26 Å². The zero-order chi connectivity index (χ0) is 22.4. The van der Waals surface area contributed by atoms with Gasteiger partial charge in [-0.15, -0.1) is 0 Å². The summed E-state index contributed by atoms with van der Waals surface area (Å²) in [4.78, 5) is 31.6. The highest BCUT2D eigenvalue weighted by Crippen LogP contribution is 2.29. The van der Waals surface area contributed by atoms with Gasteiger partial charge < -0.3 is 19.4 Å². The molecule has 2 aromatic rings. The first-order valence-corrected chi connectivity index (χ1v) is 10.3. The second-order valence-corrected chi connectivity index (χ2v) is 7.98. The number of nitriles is 1. The fourth-order valence-corrected chi connectivity index (χ4v) is 3.65. The molecule has 31 heavy (non-hydrogen) atoms. The highest BCUT2D eigenvalue weighted by molar-refractivity contribution is 6.00. The van der Waals surface area contributed by atoms with Crippen LogP contribution in [0.25, 0.3) is 0 Å². The van der Waals surface area contributed by atoms with Gasteiger partial charge in [0.2, 0.25) is 11.8 Å². The molecule has 1 aliphatic rings. The molecule has 1 fully saturated rings. The minimum Gasteiger partial charge on any atom is -0.497 e. The summed E-state index contributed by atoms with van der Waals surface area (Å²) in [5.74, 6) is 0.204. The first-order chi connectivity index (χ1) is 14.9. The number of methoxy groups -OCH3 is 1. The van der Waals surface area contributed by atoms with Crippen molar-refractivity contribution >= 4 is 17.5 Å². The van der Waals surface area contributed by atoms with Gasteiger partial charge in [-0.3, -0.25) is 9.59 Å². The third-order valence-corrected chi connectivity index (χ3v) is 5.42. The van der Waals surface area contributed by atoms with Crippen molar-refractivity contribution in [2.75, 3.05) is 45.7 Å². The fourth-order valence-electron chi connectivity index (χ4n) is 3.65. The normalized spacial score (nSPS) is 15.8. The third kappa shape index (κ3) is 5.62. The molecule has 0 saturated carbocycles. The molecule has 162 valence electrons. The predicted molar refractivity (Wildman–Crippen MR) is 119 cm³/mol. The summed E-state index contributed by atoms with van der Waals surface area (Å²) in [6, 6.07) is 16.7. The van der Waals surface area contributed by atoms with Crippen molar-refractivity contribution in [2.45, 2.75) is 13.0 Å². The molecule has 1 saturated heterocycles.